The highest BCUT2D eigenvalue weighted by molar-refractivity contribution is 6.31. The Morgan fingerprint density at radius 1 is 1.22 bits per heavy atom. The summed E-state index contributed by atoms with van der Waals surface area (Å²) in [6.45, 7) is 1.77. The van der Waals surface area contributed by atoms with Crippen LogP contribution in [0, 0.1) is 29.9 Å². The van der Waals surface area contributed by atoms with Crippen molar-refractivity contribution in [2.75, 3.05) is 5.32 Å². The van der Waals surface area contributed by atoms with Gasteiger partial charge < -0.3 is 5.32 Å². The molecule has 0 fully saturated rings. The molecule has 0 unspecified atom stereocenters. The number of nitrogens with zero attached hydrogens (tertiary/aromatic N) is 1. The molecule has 1 amide bonds. The number of rotatable bonds is 3. The van der Waals surface area contributed by atoms with Crippen molar-refractivity contribution in [1.29, 1.82) is 5.26 Å². The molecule has 0 bridgehead atoms. The monoisotopic (exact) mass is 332 g/mol. The lowest BCUT2D eigenvalue weighted by atomic mass is 10.1. The highest BCUT2D eigenvalue weighted by Gasteiger charge is 2.12. The average molecular weight is 333 g/mol. The third kappa shape index (κ3) is 4.15. The predicted molar refractivity (Wildman–Crippen MR) is 84.8 cm³/mol. The molecule has 23 heavy (non-hydrogen) atoms. The Hall–Kier alpha value is -2.71. The molecule has 0 aliphatic carbocycles. The predicted octanol–water partition coefficient (Wildman–Crippen LogP) is 4.47. The van der Waals surface area contributed by atoms with Crippen LogP contribution in [0.2, 0.25) is 5.02 Å². The molecule has 2 aromatic carbocycles. The van der Waals surface area contributed by atoms with Crippen molar-refractivity contribution in [3.8, 4) is 6.07 Å². The van der Waals surface area contributed by atoms with Crippen LogP contribution in [-0.2, 0) is 4.79 Å². The van der Waals surface area contributed by atoms with Gasteiger partial charge in [-0.2, -0.15) is 5.26 Å². The van der Waals surface area contributed by atoms with E-state index in [2.05, 4.69) is 5.32 Å². The highest BCUT2D eigenvalue weighted by atomic mass is 35.5. The van der Waals surface area contributed by atoms with Crippen LogP contribution in [0.1, 0.15) is 11.1 Å². The second kappa shape index (κ2) is 7.03. The molecular weight excluding hydrogens is 322 g/mol. The van der Waals surface area contributed by atoms with Crippen LogP contribution in [0.4, 0.5) is 14.5 Å². The number of aryl methyl sites for hydroxylation is 1. The Morgan fingerprint density at radius 3 is 2.61 bits per heavy atom. The van der Waals surface area contributed by atoms with Crippen molar-refractivity contribution in [3.05, 3.63) is 69.8 Å². The highest BCUT2D eigenvalue weighted by Crippen LogP contribution is 2.21. The summed E-state index contributed by atoms with van der Waals surface area (Å²) in [5, 5.41) is 12.1. The summed E-state index contributed by atoms with van der Waals surface area (Å²) < 4.78 is 26.1. The number of nitrogens with one attached hydrogen (secondary N) is 1. The molecule has 3 nitrogen and oxygen atoms in total. The number of hydrogen-bond donors (Lipinski definition) is 1. The number of halogens is 3. The molecule has 0 saturated heterocycles. The fourth-order valence-electron chi connectivity index (χ4n) is 1.84. The fourth-order valence-corrected chi connectivity index (χ4v) is 2.01. The number of nitriles is 1. The molecule has 2 rings (SSSR count). The van der Waals surface area contributed by atoms with E-state index < -0.39 is 17.5 Å². The molecule has 0 atom stereocenters. The maximum Gasteiger partial charge on any atom is 0.266 e. The van der Waals surface area contributed by atoms with Crippen LogP contribution in [0.25, 0.3) is 6.08 Å². The molecule has 0 aliphatic rings. The number of benzene rings is 2. The lowest BCUT2D eigenvalue weighted by Crippen LogP contribution is -2.14. The van der Waals surface area contributed by atoms with Gasteiger partial charge in [0.05, 0.1) is 0 Å². The van der Waals surface area contributed by atoms with E-state index >= 15 is 0 Å². The van der Waals surface area contributed by atoms with Gasteiger partial charge in [0.15, 0.2) is 11.6 Å². The number of carbonyl (C=O) groups excluding carboxylic acids is 1. The van der Waals surface area contributed by atoms with Crippen molar-refractivity contribution >= 4 is 29.3 Å². The van der Waals surface area contributed by atoms with E-state index in [-0.39, 0.29) is 11.1 Å². The molecule has 0 saturated carbocycles. The van der Waals surface area contributed by atoms with Gasteiger partial charge in [0, 0.05) is 10.7 Å². The maximum absolute atomic E-state index is 13.2. The van der Waals surface area contributed by atoms with Crippen LogP contribution in [-0.4, -0.2) is 5.91 Å². The van der Waals surface area contributed by atoms with E-state index in [0.29, 0.717) is 10.7 Å². The zero-order valence-electron chi connectivity index (χ0n) is 12.0. The minimum Gasteiger partial charge on any atom is -0.321 e. The fraction of sp³-hybridized carbons (Fsp3) is 0.0588. The summed E-state index contributed by atoms with van der Waals surface area (Å²) in [5.41, 5.74) is 1.20. The summed E-state index contributed by atoms with van der Waals surface area (Å²) in [5.74, 6) is -2.72. The van der Waals surface area contributed by atoms with Gasteiger partial charge >= 0.3 is 0 Å². The van der Waals surface area contributed by atoms with Gasteiger partial charge in [-0.15, -0.1) is 0 Å². The van der Waals surface area contributed by atoms with E-state index in [9.17, 15) is 13.6 Å². The summed E-state index contributed by atoms with van der Waals surface area (Å²) in [6, 6.07) is 9.80. The van der Waals surface area contributed by atoms with Crippen LogP contribution in [0.5, 0.6) is 0 Å². The SMILES string of the molecule is Cc1ccc(Cl)cc1NC(=O)/C(C#N)=C/c1ccc(F)c(F)c1. The smallest absolute Gasteiger partial charge is 0.266 e. The van der Waals surface area contributed by atoms with E-state index in [1.807, 2.05) is 0 Å². The van der Waals surface area contributed by atoms with Crippen molar-refractivity contribution < 1.29 is 13.6 Å². The third-order valence-corrected chi connectivity index (χ3v) is 3.30. The van der Waals surface area contributed by atoms with Crippen LogP contribution in [0.3, 0.4) is 0 Å². The lowest BCUT2D eigenvalue weighted by Gasteiger charge is -2.08. The van der Waals surface area contributed by atoms with Gasteiger partial charge in [-0.05, 0) is 48.4 Å². The van der Waals surface area contributed by atoms with Crippen LogP contribution < -0.4 is 5.32 Å². The first-order chi connectivity index (χ1) is 10.9. The third-order valence-electron chi connectivity index (χ3n) is 3.07. The zero-order valence-corrected chi connectivity index (χ0v) is 12.8. The van der Waals surface area contributed by atoms with Gasteiger partial charge in [-0.25, -0.2) is 8.78 Å². The average Bonchev–Trinajstić information content (AvgIpc) is 2.51. The number of amides is 1. The lowest BCUT2D eigenvalue weighted by molar-refractivity contribution is -0.112. The molecule has 0 radical (unpaired) electrons. The largest absolute Gasteiger partial charge is 0.321 e. The van der Waals surface area contributed by atoms with Crippen molar-refractivity contribution in [1.82, 2.24) is 0 Å². The quantitative estimate of drug-likeness (QED) is 0.666. The normalized spacial score (nSPS) is 11.0. The van der Waals surface area contributed by atoms with E-state index in [4.69, 9.17) is 16.9 Å². The molecule has 1 N–H and O–H groups in total. The zero-order chi connectivity index (χ0) is 17.0. The molecule has 2 aromatic rings. The Bertz CT molecular complexity index is 841. The molecule has 0 aromatic heterocycles. The topological polar surface area (TPSA) is 52.9 Å². The summed E-state index contributed by atoms with van der Waals surface area (Å²) in [6.07, 6.45) is 1.18. The summed E-state index contributed by atoms with van der Waals surface area (Å²) in [7, 11) is 0. The molecule has 0 spiro atoms. The van der Waals surface area contributed by atoms with E-state index in [1.54, 1.807) is 31.2 Å². The first-order valence-corrected chi connectivity index (χ1v) is 6.93. The molecule has 6 heteroatoms. The van der Waals surface area contributed by atoms with Crippen molar-refractivity contribution in [2.24, 2.45) is 0 Å². The maximum atomic E-state index is 13.2. The number of anilines is 1. The number of hydrogen-bond acceptors (Lipinski definition) is 2. The van der Waals surface area contributed by atoms with Crippen LogP contribution in [0.15, 0.2) is 42.0 Å². The minimum absolute atomic E-state index is 0.207. The standard InChI is InChI=1S/C17H11ClF2N2O/c1-10-2-4-13(18)8-16(10)22-17(23)12(9-21)6-11-3-5-14(19)15(20)7-11/h2-8H,1H3,(H,22,23)/b12-6+. The van der Waals surface area contributed by atoms with Gasteiger partial charge in [-0.3, -0.25) is 4.79 Å². The summed E-state index contributed by atoms with van der Waals surface area (Å²) in [4.78, 5) is 12.2. The molecule has 0 heterocycles. The first kappa shape index (κ1) is 16.7. The minimum atomic E-state index is -1.05. The molecule has 116 valence electrons. The molecule has 0 aliphatic heterocycles. The van der Waals surface area contributed by atoms with Crippen LogP contribution >= 0.6 is 11.6 Å². The Labute approximate surface area is 136 Å². The van der Waals surface area contributed by atoms with E-state index in [0.717, 1.165) is 17.7 Å². The van der Waals surface area contributed by atoms with Gasteiger partial charge in [-0.1, -0.05) is 23.7 Å². The van der Waals surface area contributed by atoms with Crippen molar-refractivity contribution in [2.45, 2.75) is 6.92 Å². The second-order valence-corrected chi connectivity index (χ2v) is 5.19. The Morgan fingerprint density at radius 2 is 1.96 bits per heavy atom. The van der Waals surface area contributed by atoms with Gasteiger partial charge in [0.25, 0.3) is 5.91 Å². The first-order valence-electron chi connectivity index (χ1n) is 6.55. The van der Waals surface area contributed by atoms with Gasteiger partial charge in [0.1, 0.15) is 11.6 Å². The van der Waals surface area contributed by atoms with Crippen molar-refractivity contribution in [3.63, 3.8) is 0 Å². The van der Waals surface area contributed by atoms with E-state index in [1.165, 1.54) is 12.1 Å². The van der Waals surface area contributed by atoms with Gasteiger partial charge in [0.2, 0.25) is 0 Å². The molecular formula is C17H11ClF2N2O. The summed E-state index contributed by atoms with van der Waals surface area (Å²) >= 11 is 5.87. The second-order valence-electron chi connectivity index (χ2n) is 4.76. The Balaban J connectivity index is 2.28. The number of carbonyl (C=O) groups is 1. The Kier molecular flexibility index (Phi) is 5.09.